The Balaban J connectivity index is 2.10. The number of methoxy groups -OCH3 is 1. The van der Waals surface area contributed by atoms with Crippen LogP contribution >= 0.6 is 0 Å². The number of pyridine rings is 1. The van der Waals surface area contributed by atoms with E-state index in [9.17, 15) is 9.59 Å². The van der Waals surface area contributed by atoms with Crippen molar-refractivity contribution in [1.29, 1.82) is 0 Å². The number of carboxylic acids is 1. The van der Waals surface area contributed by atoms with E-state index in [1.165, 1.54) is 12.1 Å². The zero-order chi connectivity index (χ0) is 14.7. The van der Waals surface area contributed by atoms with Crippen LogP contribution in [0.1, 0.15) is 33.0 Å². The third-order valence-electron chi connectivity index (χ3n) is 3.51. The molecule has 2 heterocycles. The van der Waals surface area contributed by atoms with Crippen LogP contribution in [-0.4, -0.2) is 53.7 Å². The number of carboxylic acid groups (broad SMARTS) is 1. The third kappa shape index (κ3) is 2.96. The molecule has 0 radical (unpaired) electrons. The molecular weight excluding hydrogens is 260 g/mol. The number of amides is 1. The van der Waals surface area contributed by atoms with E-state index in [1.807, 2.05) is 0 Å². The van der Waals surface area contributed by atoms with Crippen LogP contribution < -0.4 is 0 Å². The Morgan fingerprint density at radius 3 is 2.85 bits per heavy atom. The molecule has 0 spiro atoms. The molecule has 1 amide bonds. The molecule has 6 nitrogen and oxygen atoms in total. The van der Waals surface area contributed by atoms with Gasteiger partial charge in [0.25, 0.3) is 5.91 Å². The lowest BCUT2D eigenvalue weighted by molar-refractivity contribution is 0.0692. The summed E-state index contributed by atoms with van der Waals surface area (Å²) in [5.74, 6) is -0.817. The average Bonchev–Trinajstić information content (AvgIpc) is 2.86. The molecule has 1 fully saturated rings. The maximum atomic E-state index is 12.3. The number of likely N-dealkylation sites (tertiary alicyclic amines) is 1. The van der Waals surface area contributed by atoms with Crippen LogP contribution in [0.3, 0.4) is 0 Å². The van der Waals surface area contributed by atoms with Crippen molar-refractivity contribution < 1.29 is 19.4 Å². The van der Waals surface area contributed by atoms with Gasteiger partial charge in [-0.15, -0.1) is 0 Å². The minimum Gasteiger partial charge on any atom is -0.478 e. The van der Waals surface area contributed by atoms with E-state index in [0.29, 0.717) is 37.0 Å². The van der Waals surface area contributed by atoms with Gasteiger partial charge in [-0.2, -0.15) is 0 Å². The maximum Gasteiger partial charge on any atom is 0.337 e. The molecule has 1 saturated heterocycles. The summed E-state index contributed by atoms with van der Waals surface area (Å²) in [6.45, 7) is 3.59. The summed E-state index contributed by atoms with van der Waals surface area (Å²) < 4.78 is 5.10. The molecular formula is C14H18N2O4. The van der Waals surface area contributed by atoms with Crippen molar-refractivity contribution in [3.8, 4) is 0 Å². The Labute approximate surface area is 117 Å². The van der Waals surface area contributed by atoms with Crippen LogP contribution in [0.4, 0.5) is 0 Å². The number of carbonyl (C=O) groups excluding carboxylic acids is 1. The van der Waals surface area contributed by atoms with Crippen molar-refractivity contribution in [2.75, 3.05) is 26.8 Å². The quantitative estimate of drug-likeness (QED) is 0.895. The molecule has 0 bridgehead atoms. The molecule has 0 aliphatic carbocycles. The van der Waals surface area contributed by atoms with Gasteiger partial charge in [0.05, 0.1) is 17.9 Å². The first-order chi connectivity index (χ1) is 9.52. The van der Waals surface area contributed by atoms with Gasteiger partial charge in [-0.3, -0.25) is 4.79 Å². The van der Waals surface area contributed by atoms with Gasteiger partial charge in [0.1, 0.15) is 5.69 Å². The zero-order valence-electron chi connectivity index (χ0n) is 11.6. The Morgan fingerprint density at radius 2 is 2.25 bits per heavy atom. The summed E-state index contributed by atoms with van der Waals surface area (Å²) in [5.41, 5.74) is 0.779. The Bertz CT molecular complexity index is 530. The molecule has 108 valence electrons. The number of carbonyl (C=O) groups is 2. The van der Waals surface area contributed by atoms with E-state index < -0.39 is 5.97 Å². The highest BCUT2D eigenvalue weighted by Gasteiger charge is 2.27. The van der Waals surface area contributed by atoms with E-state index in [-0.39, 0.29) is 11.5 Å². The number of aromatic nitrogens is 1. The summed E-state index contributed by atoms with van der Waals surface area (Å²) in [4.78, 5) is 29.1. The Kier molecular flexibility index (Phi) is 4.34. The van der Waals surface area contributed by atoms with Crippen molar-refractivity contribution >= 4 is 11.9 Å². The highest BCUT2D eigenvalue weighted by Crippen LogP contribution is 2.19. The number of aromatic carboxylic acids is 1. The fourth-order valence-corrected chi connectivity index (χ4v) is 2.46. The normalized spacial score (nSPS) is 18.3. The minimum atomic E-state index is -1.03. The van der Waals surface area contributed by atoms with Gasteiger partial charge in [0, 0.05) is 26.1 Å². The van der Waals surface area contributed by atoms with E-state index in [1.54, 1.807) is 18.9 Å². The first kappa shape index (κ1) is 14.5. The first-order valence-corrected chi connectivity index (χ1v) is 6.52. The van der Waals surface area contributed by atoms with Crippen LogP contribution in [0.5, 0.6) is 0 Å². The SMILES string of the molecule is COCC1CCN(C(=O)c2ccc(C(=O)O)c(C)n2)C1. The van der Waals surface area contributed by atoms with E-state index in [0.717, 1.165) is 6.42 Å². The van der Waals surface area contributed by atoms with Crippen LogP contribution in [-0.2, 0) is 4.74 Å². The van der Waals surface area contributed by atoms with Crippen LogP contribution in [0.15, 0.2) is 12.1 Å². The molecule has 6 heteroatoms. The van der Waals surface area contributed by atoms with Crippen molar-refractivity contribution in [3.05, 3.63) is 29.1 Å². The molecule has 1 N–H and O–H groups in total. The highest BCUT2D eigenvalue weighted by atomic mass is 16.5. The smallest absolute Gasteiger partial charge is 0.337 e. The van der Waals surface area contributed by atoms with E-state index >= 15 is 0 Å². The van der Waals surface area contributed by atoms with Crippen LogP contribution in [0.2, 0.25) is 0 Å². The predicted molar refractivity (Wildman–Crippen MR) is 71.8 cm³/mol. The number of hydrogen-bond acceptors (Lipinski definition) is 4. The first-order valence-electron chi connectivity index (χ1n) is 6.52. The fraction of sp³-hybridized carbons (Fsp3) is 0.500. The maximum absolute atomic E-state index is 12.3. The van der Waals surface area contributed by atoms with E-state index in [2.05, 4.69) is 4.98 Å². The highest BCUT2D eigenvalue weighted by molar-refractivity contribution is 5.94. The van der Waals surface area contributed by atoms with Gasteiger partial charge in [-0.25, -0.2) is 9.78 Å². The lowest BCUT2D eigenvalue weighted by atomic mass is 10.1. The van der Waals surface area contributed by atoms with Gasteiger partial charge < -0.3 is 14.7 Å². The molecule has 20 heavy (non-hydrogen) atoms. The van der Waals surface area contributed by atoms with Crippen LogP contribution in [0, 0.1) is 12.8 Å². The van der Waals surface area contributed by atoms with Gasteiger partial charge in [-0.05, 0) is 25.5 Å². The molecule has 1 atom stereocenters. The molecule has 1 aromatic heterocycles. The third-order valence-corrected chi connectivity index (χ3v) is 3.51. The topological polar surface area (TPSA) is 79.7 Å². The summed E-state index contributed by atoms with van der Waals surface area (Å²) >= 11 is 0. The second-order valence-electron chi connectivity index (χ2n) is 5.00. The second-order valence-corrected chi connectivity index (χ2v) is 5.00. The number of ether oxygens (including phenoxy) is 1. The molecule has 1 aliphatic heterocycles. The van der Waals surface area contributed by atoms with E-state index in [4.69, 9.17) is 9.84 Å². The number of rotatable bonds is 4. The largest absolute Gasteiger partial charge is 0.478 e. The van der Waals surface area contributed by atoms with Crippen LogP contribution in [0.25, 0.3) is 0 Å². The fourth-order valence-electron chi connectivity index (χ4n) is 2.46. The average molecular weight is 278 g/mol. The van der Waals surface area contributed by atoms with Crippen molar-refractivity contribution in [3.63, 3.8) is 0 Å². The van der Waals surface area contributed by atoms with Gasteiger partial charge >= 0.3 is 5.97 Å². The van der Waals surface area contributed by atoms with Gasteiger partial charge in [0.2, 0.25) is 0 Å². The summed E-state index contributed by atoms with van der Waals surface area (Å²) in [7, 11) is 1.65. The molecule has 1 aromatic rings. The Hall–Kier alpha value is -1.95. The lowest BCUT2D eigenvalue weighted by Crippen LogP contribution is -2.30. The molecule has 0 saturated carbocycles. The summed E-state index contributed by atoms with van der Waals surface area (Å²) in [5, 5.41) is 8.95. The second kappa shape index (κ2) is 6.00. The predicted octanol–water partition coefficient (Wildman–Crippen LogP) is 1.20. The molecule has 1 aliphatic rings. The van der Waals surface area contributed by atoms with Crippen molar-refractivity contribution in [1.82, 2.24) is 9.88 Å². The zero-order valence-corrected chi connectivity index (χ0v) is 11.6. The molecule has 0 aromatic carbocycles. The number of hydrogen-bond donors (Lipinski definition) is 1. The lowest BCUT2D eigenvalue weighted by Gasteiger charge is -2.16. The van der Waals surface area contributed by atoms with Gasteiger partial charge in [-0.1, -0.05) is 0 Å². The van der Waals surface area contributed by atoms with Crippen molar-refractivity contribution in [2.45, 2.75) is 13.3 Å². The minimum absolute atomic E-state index is 0.125. The molecule has 2 rings (SSSR count). The number of nitrogens with zero attached hydrogens (tertiary/aromatic N) is 2. The Morgan fingerprint density at radius 1 is 1.50 bits per heavy atom. The summed E-state index contributed by atoms with van der Waals surface area (Å²) in [6.07, 6.45) is 0.922. The monoisotopic (exact) mass is 278 g/mol. The standard InChI is InChI=1S/C14H18N2O4/c1-9-11(14(18)19)3-4-12(15-9)13(17)16-6-5-10(7-16)8-20-2/h3-4,10H,5-8H2,1-2H3,(H,18,19). The number of aryl methyl sites for hydroxylation is 1. The van der Waals surface area contributed by atoms with Gasteiger partial charge in [0.15, 0.2) is 0 Å². The van der Waals surface area contributed by atoms with Crippen molar-refractivity contribution in [2.24, 2.45) is 5.92 Å². The summed E-state index contributed by atoms with van der Waals surface area (Å²) in [6, 6.07) is 2.91. The molecule has 1 unspecified atom stereocenters.